The van der Waals surface area contributed by atoms with E-state index in [1.54, 1.807) is 6.07 Å². The summed E-state index contributed by atoms with van der Waals surface area (Å²) in [4.78, 5) is 11.7. The number of furan rings is 1. The third-order valence-corrected chi connectivity index (χ3v) is 5.64. The molecule has 2 heterocycles. The van der Waals surface area contributed by atoms with Gasteiger partial charge < -0.3 is 9.73 Å². The molecule has 7 heteroatoms. The number of rotatable bonds is 4. The smallest absolute Gasteiger partial charge is 0.287 e. The lowest BCUT2D eigenvalue weighted by molar-refractivity contribution is 0.0923. The Kier molecular flexibility index (Phi) is 3.82. The van der Waals surface area contributed by atoms with Gasteiger partial charge in [0.2, 0.25) is 0 Å². The van der Waals surface area contributed by atoms with Gasteiger partial charge in [0.1, 0.15) is 0 Å². The van der Waals surface area contributed by atoms with E-state index in [0.29, 0.717) is 17.6 Å². The molecule has 0 unspecified atom stereocenters. The van der Waals surface area contributed by atoms with Crippen molar-refractivity contribution in [3.05, 3.63) is 22.1 Å². The molecule has 0 saturated carbocycles. The van der Waals surface area contributed by atoms with Gasteiger partial charge in [-0.15, -0.1) is 0 Å². The molecule has 0 atom stereocenters. The molecule has 1 aliphatic heterocycles. The molecular weight excluding hydrogens is 322 g/mol. The Morgan fingerprint density at radius 2 is 2.22 bits per heavy atom. The summed E-state index contributed by atoms with van der Waals surface area (Å²) in [6.07, 6.45) is 0.686. The summed E-state index contributed by atoms with van der Waals surface area (Å²) >= 11 is 3.20. The van der Waals surface area contributed by atoms with Gasteiger partial charge in [0.05, 0.1) is 11.5 Å². The van der Waals surface area contributed by atoms with Crippen LogP contribution in [0.25, 0.3) is 0 Å². The van der Waals surface area contributed by atoms with Crippen molar-refractivity contribution in [2.45, 2.75) is 13.3 Å². The van der Waals surface area contributed by atoms with Gasteiger partial charge in [0, 0.05) is 12.1 Å². The standard InChI is InChI=1S/C11H14BrNO4S/c1-7-4-9(17-10(7)12)11(14)13-3-2-8-5-18(15,16)6-8/h4,8H,2-3,5-6H2,1H3,(H,13,14). The van der Waals surface area contributed by atoms with Crippen molar-refractivity contribution < 1.29 is 17.6 Å². The van der Waals surface area contributed by atoms with E-state index in [2.05, 4.69) is 21.2 Å². The fraction of sp³-hybridized carbons (Fsp3) is 0.545. The van der Waals surface area contributed by atoms with Crippen molar-refractivity contribution >= 4 is 31.7 Å². The number of carbonyl (C=O) groups is 1. The zero-order valence-electron chi connectivity index (χ0n) is 9.90. The first-order valence-corrected chi connectivity index (χ1v) is 8.23. The number of carbonyl (C=O) groups excluding carboxylic acids is 1. The average Bonchev–Trinajstić information content (AvgIpc) is 2.56. The molecule has 1 fully saturated rings. The highest BCUT2D eigenvalue weighted by atomic mass is 79.9. The summed E-state index contributed by atoms with van der Waals surface area (Å²) in [6, 6.07) is 1.66. The van der Waals surface area contributed by atoms with Gasteiger partial charge >= 0.3 is 0 Å². The Labute approximate surface area is 114 Å². The van der Waals surface area contributed by atoms with Crippen LogP contribution in [-0.4, -0.2) is 32.4 Å². The highest BCUT2D eigenvalue weighted by Gasteiger charge is 2.32. The second-order valence-electron chi connectivity index (χ2n) is 4.55. The third kappa shape index (κ3) is 3.14. The van der Waals surface area contributed by atoms with Gasteiger partial charge in [-0.2, -0.15) is 0 Å². The van der Waals surface area contributed by atoms with Crippen molar-refractivity contribution in [1.82, 2.24) is 5.32 Å². The van der Waals surface area contributed by atoms with E-state index in [-0.39, 0.29) is 29.1 Å². The van der Waals surface area contributed by atoms with Gasteiger partial charge in [0.25, 0.3) is 5.91 Å². The minimum Gasteiger partial charge on any atom is -0.444 e. The van der Waals surface area contributed by atoms with Crippen LogP contribution in [0.4, 0.5) is 0 Å². The predicted molar refractivity (Wildman–Crippen MR) is 70.2 cm³/mol. The molecule has 100 valence electrons. The van der Waals surface area contributed by atoms with Gasteiger partial charge in [-0.1, -0.05) is 0 Å². The average molecular weight is 336 g/mol. The minimum atomic E-state index is -2.77. The minimum absolute atomic E-state index is 0.181. The summed E-state index contributed by atoms with van der Waals surface area (Å²) in [5.41, 5.74) is 0.866. The Hall–Kier alpha value is -0.820. The Morgan fingerprint density at radius 3 is 2.72 bits per heavy atom. The molecule has 1 aliphatic rings. The van der Waals surface area contributed by atoms with E-state index in [4.69, 9.17) is 4.42 Å². The molecule has 1 aromatic heterocycles. The van der Waals surface area contributed by atoms with Gasteiger partial charge in [0.15, 0.2) is 20.3 Å². The summed E-state index contributed by atoms with van der Waals surface area (Å²) < 4.78 is 27.7. The second-order valence-corrected chi connectivity index (χ2v) is 7.43. The van der Waals surface area contributed by atoms with Crippen molar-refractivity contribution in [1.29, 1.82) is 0 Å². The largest absolute Gasteiger partial charge is 0.444 e. The highest BCUT2D eigenvalue weighted by Crippen LogP contribution is 2.22. The first-order chi connectivity index (χ1) is 8.37. The first-order valence-electron chi connectivity index (χ1n) is 5.62. The number of halogens is 1. The lowest BCUT2D eigenvalue weighted by atomic mass is 10.1. The molecule has 1 amide bonds. The molecule has 5 nitrogen and oxygen atoms in total. The third-order valence-electron chi connectivity index (χ3n) is 2.90. The van der Waals surface area contributed by atoms with E-state index < -0.39 is 9.84 Å². The lowest BCUT2D eigenvalue weighted by Crippen LogP contribution is -2.38. The van der Waals surface area contributed by atoms with Crippen molar-refractivity contribution in [3.63, 3.8) is 0 Å². The number of amides is 1. The lowest BCUT2D eigenvalue weighted by Gasteiger charge is -2.25. The number of aryl methyl sites for hydroxylation is 1. The maximum absolute atomic E-state index is 11.7. The number of nitrogens with one attached hydrogen (secondary N) is 1. The quantitative estimate of drug-likeness (QED) is 0.904. The van der Waals surface area contributed by atoms with E-state index >= 15 is 0 Å². The SMILES string of the molecule is Cc1cc(C(=O)NCCC2CS(=O)(=O)C2)oc1Br. The summed E-state index contributed by atoms with van der Waals surface area (Å²) in [5.74, 6) is 0.662. The topological polar surface area (TPSA) is 76.4 Å². The van der Waals surface area contributed by atoms with Gasteiger partial charge in [-0.25, -0.2) is 8.42 Å². The van der Waals surface area contributed by atoms with Crippen LogP contribution in [0.15, 0.2) is 15.2 Å². The van der Waals surface area contributed by atoms with Crippen LogP contribution in [0.5, 0.6) is 0 Å². The van der Waals surface area contributed by atoms with E-state index in [0.717, 1.165) is 5.56 Å². The fourth-order valence-electron chi connectivity index (χ4n) is 1.88. The van der Waals surface area contributed by atoms with Crippen molar-refractivity contribution in [3.8, 4) is 0 Å². The molecule has 0 radical (unpaired) electrons. The monoisotopic (exact) mass is 335 g/mol. The van der Waals surface area contributed by atoms with E-state index in [1.807, 2.05) is 6.92 Å². The van der Waals surface area contributed by atoms with Crippen LogP contribution in [-0.2, 0) is 9.84 Å². The second kappa shape index (κ2) is 5.05. The van der Waals surface area contributed by atoms with Crippen LogP contribution < -0.4 is 5.32 Å². The maximum Gasteiger partial charge on any atom is 0.287 e. The number of sulfone groups is 1. The Morgan fingerprint density at radius 1 is 1.56 bits per heavy atom. The first kappa shape index (κ1) is 13.6. The van der Waals surface area contributed by atoms with Crippen LogP contribution in [0, 0.1) is 12.8 Å². The number of hydrogen-bond donors (Lipinski definition) is 1. The zero-order chi connectivity index (χ0) is 13.3. The Bertz CT molecular complexity index is 532. The van der Waals surface area contributed by atoms with Crippen LogP contribution >= 0.6 is 15.9 Å². The molecule has 0 aromatic carbocycles. The molecule has 2 rings (SSSR count). The Balaban J connectivity index is 1.76. The molecule has 1 N–H and O–H groups in total. The van der Waals surface area contributed by atoms with Crippen molar-refractivity contribution in [2.24, 2.45) is 5.92 Å². The predicted octanol–water partition coefficient (Wildman–Crippen LogP) is 1.52. The summed E-state index contributed by atoms with van der Waals surface area (Å²) in [5, 5.41) is 2.72. The normalized spacial score (nSPS) is 18.3. The van der Waals surface area contributed by atoms with Crippen LogP contribution in [0.1, 0.15) is 22.5 Å². The molecule has 18 heavy (non-hydrogen) atoms. The van der Waals surface area contributed by atoms with Crippen LogP contribution in [0.3, 0.4) is 0 Å². The van der Waals surface area contributed by atoms with Crippen molar-refractivity contribution in [2.75, 3.05) is 18.1 Å². The maximum atomic E-state index is 11.7. The fourth-order valence-corrected chi connectivity index (χ4v) is 3.85. The molecule has 0 aliphatic carbocycles. The van der Waals surface area contributed by atoms with E-state index in [1.165, 1.54) is 0 Å². The number of hydrogen-bond acceptors (Lipinski definition) is 4. The molecule has 0 spiro atoms. The molecule has 0 bridgehead atoms. The van der Waals surface area contributed by atoms with Gasteiger partial charge in [-0.3, -0.25) is 4.79 Å². The summed E-state index contributed by atoms with van der Waals surface area (Å²) in [6.45, 7) is 2.31. The van der Waals surface area contributed by atoms with Crippen LogP contribution in [0.2, 0.25) is 0 Å². The van der Waals surface area contributed by atoms with Gasteiger partial charge in [-0.05, 0) is 41.3 Å². The zero-order valence-corrected chi connectivity index (χ0v) is 12.3. The summed E-state index contributed by atoms with van der Waals surface area (Å²) in [7, 11) is -2.77. The molecule has 1 saturated heterocycles. The van der Waals surface area contributed by atoms with E-state index in [9.17, 15) is 13.2 Å². The highest BCUT2D eigenvalue weighted by molar-refractivity contribution is 9.10. The molecule has 1 aromatic rings. The molecular formula is C11H14BrNO4S.